The van der Waals surface area contributed by atoms with Crippen LogP contribution in [0.4, 0.5) is 16.3 Å². The van der Waals surface area contributed by atoms with E-state index in [1.165, 1.54) is 11.2 Å². The van der Waals surface area contributed by atoms with Gasteiger partial charge in [0.05, 0.1) is 23.2 Å². The van der Waals surface area contributed by atoms with Gasteiger partial charge in [-0.3, -0.25) is 11.4 Å². The van der Waals surface area contributed by atoms with Crippen molar-refractivity contribution in [3.63, 3.8) is 0 Å². The number of aryl methyl sites for hydroxylation is 2. The molecule has 5 aromatic rings. The Morgan fingerprint density at radius 3 is 2.68 bits per heavy atom. The van der Waals surface area contributed by atoms with Crippen molar-refractivity contribution in [2.45, 2.75) is 33.3 Å². The molecule has 0 aliphatic rings. The number of amides is 1. The molecule has 1 N–H and O–H groups in total. The van der Waals surface area contributed by atoms with E-state index >= 15 is 0 Å². The van der Waals surface area contributed by atoms with Gasteiger partial charge in [-0.1, -0.05) is 0 Å². The summed E-state index contributed by atoms with van der Waals surface area (Å²) >= 11 is 0. The van der Waals surface area contributed by atoms with E-state index in [-0.39, 0.29) is 32.0 Å². The molecule has 0 atom stereocenters. The van der Waals surface area contributed by atoms with Gasteiger partial charge in [0.2, 0.25) is 0 Å². The molecule has 0 spiro atoms. The van der Waals surface area contributed by atoms with Gasteiger partial charge in [0.1, 0.15) is 23.4 Å². The third-order valence-corrected chi connectivity index (χ3v) is 6.54. The average molecular weight is 587 g/mol. The summed E-state index contributed by atoms with van der Waals surface area (Å²) in [4.78, 5) is 27.2. The molecule has 224 valence electrons. The topological polar surface area (TPSA) is 104 Å². The van der Waals surface area contributed by atoms with Crippen LogP contribution in [0.1, 0.15) is 26.3 Å². The van der Waals surface area contributed by atoms with E-state index in [2.05, 4.69) is 33.3 Å². The minimum absolute atomic E-state index is 0. The van der Waals surface area contributed by atoms with Crippen LogP contribution in [-0.2, 0) is 11.8 Å². The molecule has 0 saturated heterocycles. The van der Waals surface area contributed by atoms with E-state index in [0.717, 1.165) is 33.8 Å². The number of rotatable bonds is 10. The molecule has 2 aromatic heterocycles. The second-order valence-electron chi connectivity index (χ2n) is 11.0. The van der Waals surface area contributed by atoms with Gasteiger partial charge >= 0.3 is 25.0 Å². The first kappa shape index (κ1) is 32.6. The van der Waals surface area contributed by atoms with Gasteiger partial charge in [0, 0.05) is 24.6 Å². The van der Waals surface area contributed by atoms with Gasteiger partial charge in [-0.2, -0.15) is 6.07 Å². The van der Waals surface area contributed by atoms with E-state index in [1.54, 1.807) is 12.4 Å². The minimum atomic E-state index is -0.580. The second-order valence-corrected chi connectivity index (χ2v) is 11.0. The van der Waals surface area contributed by atoms with Crippen molar-refractivity contribution < 1.29 is 37.9 Å². The number of ether oxygens (including phenoxy) is 3. The van der Waals surface area contributed by atoms with E-state index in [9.17, 15) is 4.79 Å². The Hall–Kier alpha value is -4.26. The fraction of sp³-hybridized carbons (Fsp3) is 0.273. The normalized spacial score (nSPS) is 11.2. The minimum Gasteiger partial charge on any atom is -0.550 e. The fourth-order valence-electron chi connectivity index (χ4n) is 4.45. The summed E-state index contributed by atoms with van der Waals surface area (Å²) in [5.74, 6) is 2.54. The number of carbonyl (C=O) groups excluding carboxylic acids is 1. The zero-order chi connectivity index (χ0) is 30.6. The first-order valence-electron chi connectivity index (χ1n) is 13.9. The zero-order valence-electron chi connectivity index (χ0n) is 26.0. The number of nitrogens with one attached hydrogen (secondary N) is 1. The summed E-state index contributed by atoms with van der Waals surface area (Å²) in [5.41, 5.74) is 3.82. The molecule has 0 aliphatic carbocycles. The Morgan fingerprint density at radius 2 is 1.93 bits per heavy atom. The maximum Gasteiger partial charge on any atom is 1.00 e. The number of aromatic nitrogens is 4. The molecule has 0 radical (unpaired) electrons. The predicted molar refractivity (Wildman–Crippen MR) is 167 cm³/mol. The largest absolute Gasteiger partial charge is 1.00 e. The van der Waals surface area contributed by atoms with Crippen LogP contribution in [0, 0.1) is 26.3 Å². The van der Waals surface area contributed by atoms with Gasteiger partial charge in [-0.05, 0) is 81.1 Å². The number of fused-ring (bicyclic) bond motifs is 2. The third kappa shape index (κ3) is 7.81. The molecule has 3 aromatic carbocycles. The summed E-state index contributed by atoms with van der Waals surface area (Å²) in [6.07, 6.45) is 4.71. The van der Waals surface area contributed by atoms with E-state index in [0.29, 0.717) is 29.0 Å². The number of imidazole rings is 1. The molecule has 11 heteroatoms. The van der Waals surface area contributed by atoms with Crippen LogP contribution in [-0.4, -0.2) is 55.8 Å². The Bertz CT molecular complexity index is 1740. The molecule has 10 nitrogen and oxygen atoms in total. The fourth-order valence-corrected chi connectivity index (χ4v) is 4.45. The second kappa shape index (κ2) is 14.0. The monoisotopic (exact) mass is 586 g/mol. The molecule has 0 bridgehead atoms. The molecular formula is C33H35LiN6O4-2. The summed E-state index contributed by atoms with van der Waals surface area (Å²) in [6.45, 7) is 12.1. The molecule has 44 heavy (non-hydrogen) atoms. The first-order chi connectivity index (χ1) is 20.6. The van der Waals surface area contributed by atoms with E-state index in [1.807, 2.05) is 88.2 Å². The van der Waals surface area contributed by atoms with Gasteiger partial charge < -0.3 is 35.9 Å². The summed E-state index contributed by atoms with van der Waals surface area (Å²) in [6, 6.07) is 18.5. The number of anilines is 2. The Kier molecular flexibility index (Phi) is 10.4. The van der Waals surface area contributed by atoms with Crippen LogP contribution in [0.15, 0.2) is 61.2 Å². The SMILES string of the molecule is [CH2-]CN(C[CH-]COc1[c-]ccc2ncnc(Nc3ccc(Oc4ccc5c(c4)ncn5C)c(C)c3)c12)C(=O)OC(C)(C)C.[Li+]. The van der Waals surface area contributed by atoms with Crippen molar-refractivity contribution in [2.75, 3.05) is 25.0 Å². The van der Waals surface area contributed by atoms with Crippen molar-refractivity contribution in [1.82, 2.24) is 24.4 Å². The molecule has 0 aliphatic heterocycles. The molecule has 0 saturated carbocycles. The van der Waals surface area contributed by atoms with Crippen LogP contribution in [0.2, 0.25) is 0 Å². The quantitative estimate of drug-likeness (QED) is 0.150. The van der Waals surface area contributed by atoms with Crippen LogP contribution >= 0.6 is 0 Å². The van der Waals surface area contributed by atoms with Crippen molar-refractivity contribution in [3.05, 3.63) is 86.2 Å². The smallest absolute Gasteiger partial charge is 0.550 e. The van der Waals surface area contributed by atoms with Gasteiger partial charge in [-0.15, -0.1) is 25.2 Å². The predicted octanol–water partition coefficient (Wildman–Crippen LogP) is 3.82. The number of benzene rings is 3. The maximum atomic E-state index is 12.4. The summed E-state index contributed by atoms with van der Waals surface area (Å²) < 4.78 is 19.6. The third-order valence-electron chi connectivity index (χ3n) is 6.54. The van der Waals surface area contributed by atoms with Gasteiger partial charge in [-0.25, -0.2) is 14.8 Å². The molecule has 2 heterocycles. The summed E-state index contributed by atoms with van der Waals surface area (Å²) in [7, 11) is 1.96. The van der Waals surface area contributed by atoms with Gasteiger partial charge in [0.15, 0.2) is 0 Å². The Labute approximate surface area is 269 Å². The van der Waals surface area contributed by atoms with E-state index in [4.69, 9.17) is 14.2 Å². The number of carbonyl (C=O) groups is 1. The van der Waals surface area contributed by atoms with Crippen molar-refractivity contribution in [3.8, 4) is 17.2 Å². The van der Waals surface area contributed by atoms with Crippen LogP contribution in [0.25, 0.3) is 21.9 Å². The number of hydrogen-bond donors (Lipinski definition) is 1. The number of hydrogen-bond acceptors (Lipinski definition) is 8. The average Bonchev–Trinajstić information content (AvgIpc) is 3.33. The molecule has 0 unspecified atom stereocenters. The Morgan fingerprint density at radius 1 is 1.11 bits per heavy atom. The molecular weight excluding hydrogens is 551 g/mol. The number of nitrogens with zero attached hydrogens (tertiary/aromatic N) is 5. The molecule has 5 rings (SSSR count). The summed E-state index contributed by atoms with van der Waals surface area (Å²) in [5, 5.41) is 4.09. The zero-order valence-corrected chi connectivity index (χ0v) is 26.0. The van der Waals surface area contributed by atoms with Crippen molar-refractivity contribution in [1.29, 1.82) is 0 Å². The maximum absolute atomic E-state index is 12.4. The van der Waals surface area contributed by atoms with Crippen molar-refractivity contribution in [2.24, 2.45) is 7.05 Å². The van der Waals surface area contributed by atoms with Crippen LogP contribution in [0.5, 0.6) is 17.2 Å². The van der Waals surface area contributed by atoms with Gasteiger partial charge in [0.25, 0.3) is 0 Å². The Balaban J connectivity index is 0.00000442. The van der Waals surface area contributed by atoms with Crippen LogP contribution in [0.3, 0.4) is 0 Å². The molecule has 1 amide bonds. The standard InChI is InChI=1S/C33H35N6O4.Li/c1-7-39(32(40)43-33(3,4)5)16-9-17-41-29-11-8-10-25-30(29)31(35-20-34-25)37-23-12-15-28(22(2)18-23)42-24-13-14-27-26(19-24)36-21-38(27)6;/h8-10,12-15,18-21H,1,7,16-17H2,2-6H3,(H,34,35,37);/q-3;+1. The van der Waals surface area contributed by atoms with Crippen molar-refractivity contribution >= 4 is 39.5 Å². The molecule has 0 fully saturated rings. The van der Waals surface area contributed by atoms with Crippen LogP contribution < -0.4 is 33.7 Å². The van der Waals surface area contributed by atoms with E-state index < -0.39 is 11.7 Å². The first-order valence-corrected chi connectivity index (χ1v) is 13.9.